The van der Waals surface area contributed by atoms with E-state index < -0.39 is 5.54 Å². The van der Waals surface area contributed by atoms with Gasteiger partial charge in [0, 0.05) is 31.6 Å². The first-order chi connectivity index (χ1) is 19.7. The van der Waals surface area contributed by atoms with Gasteiger partial charge in [0.15, 0.2) is 5.54 Å². The van der Waals surface area contributed by atoms with Gasteiger partial charge in [-0.25, -0.2) is 10.4 Å². The summed E-state index contributed by atoms with van der Waals surface area (Å²) in [7, 11) is 0. The molecule has 1 heterocycles. The lowest BCUT2D eigenvalue weighted by atomic mass is 9.95. The van der Waals surface area contributed by atoms with E-state index in [1.165, 1.54) is 0 Å². The Morgan fingerprint density at radius 3 is 2.58 bits per heavy atom. The largest absolute Gasteiger partial charge is 0.494 e. The highest BCUT2D eigenvalue weighted by molar-refractivity contribution is 6.00. The summed E-state index contributed by atoms with van der Waals surface area (Å²) in [5, 5.41) is 11.2. The minimum absolute atomic E-state index is 0.0857. The average molecular weight is 536 g/mol. The molecule has 0 saturated heterocycles. The Kier molecular flexibility index (Phi) is 8.86. The molecule has 0 spiro atoms. The smallest absolute Gasteiger partial charge is 0.266 e. The Bertz CT molecular complexity index is 1480. The number of fused-ring (bicyclic) bond motifs is 1. The highest BCUT2D eigenvalue weighted by Crippen LogP contribution is 2.28. The average Bonchev–Trinajstić information content (AvgIpc) is 3.44. The van der Waals surface area contributed by atoms with Gasteiger partial charge in [0.1, 0.15) is 12.4 Å². The molecule has 4 aromatic rings. The first-order valence-corrected chi connectivity index (χ1v) is 13.5. The second kappa shape index (κ2) is 13.1. The van der Waals surface area contributed by atoms with E-state index in [9.17, 15) is 4.79 Å². The van der Waals surface area contributed by atoms with Crippen LogP contribution in [-0.2, 0) is 16.1 Å². The number of carbonyl (C=O) groups excluding carboxylic acids is 1. The molecule has 0 fully saturated rings. The highest BCUT2D eigenvalue weighted by atomic mass is 16.5. The van der Waals surface area contributed by atoms with Crippen molar-refractivity contribution in [1.82, 2.24) is 10.9 Å². The fourth-order valence-electron chi connectivity index (χ4n) is 4.59. The van der Waals surface area contributed by atoms with Crippen LogP contribution in [0.1, 0.15) is 29.5 Å². The minimum Gasteiger partial charge on any atom is -0.494 e. The van der Waals surface area contributed by atoms with Crippen LogP contribution in [0.4, 0.5) is 0 Å². The maximum absolute atomic E-state index is 13.6. The molecule has 204 valence electrons. The van der Waals surface area contributed by atoms with E-state index in [-0.39, 0.29) is 19.1 Å². The van der Waals surface area contributed by atoms with E-state index in [0.29, 0.717) is 37.6 Å². The molecule has 1 aliphatic rings. The summed E-state index contributed by atoms with van der Waals surface area (Å²) in [4.78, 5) is 18.4. The molecule has 1 aliphatic heterocycles. The molecule has 0 radical (unpaired) electrons. The molecule has 4 aromatic carbocycles. The third kappa shape index (κ3) is 6.57. The molecule has 0 bridgehead atoms. The van der Waals surface area contributed by atoms with E-state index in [1.54, 1.807) is 0 Å². The number of ether oxygens (including phenoxy) is 2. The third-order valence-electron chi connectivity index (χ3n) is 6.78. The van der Waals surface area contributed by atoms with Gasteiger partial charge in [0.05, 0.1) is 6.61 Å². The van der Waals surface area contributed by atoms with Crippen LogP contribution in [0.2, 0.25) is 0 Å². The summed E-state index contributed by atoms with van der Waals surface area (Å²) in [5.74, 6) is 0.854. The Balaban J connectivity index is 1.31. The second-order valence-electron chi connectivity index (χ2n) is 9.65. The number of hydrazine groups is 1. The lowest BCUT2D eigenvalue weighted by Crippen LogP contribution is -2.51. The van der Waals surface area contributed by atoms with Crippen molar-refractivity contribution in [3.63, 3.8) is 0 Å². The fourth-order valence-corrected chi connectivity index (χ4v) is 4.59. The van der Waals surface area contributed by atoms with Crippen LogP contribution in [-0.4, -0.2) is 42.3 Å². The number of aliphatic hydroxyl groups is 1. The van der Waals surface area contributed by atoms with Gasteiger partial charge in [-0.05, 0) is 46.2 Å². The normalized spacial score (nSPS) is 16.6. The van der Waals surface area contributed by atoms with Crippen molar-refractivity contribution >= 4 is 28.7 Å². The lowest BCUT2D eigenvalue weighted by molar-refractivity contribution is -0.127. The van der Waals surface area contributed by atoms with Crippen molar-refractivity contribution in [2.24, 2.45) is 4.99 Å². The van der Waals surface area contributed by atoms with E-state index in [2.05, 4.69) is 29.1 Å². The number of nitrogens with zero attached hydrogens (tertiary/aromatic N) is 1. The van der Waals surface area contributed by atoms with Crippen LogP contribution in [0, 0.1) is 0 Å². The number of nitrogens with one attached hydrogen (secondary N) is 2. The fraction of sp³-hybridized carbons (Fsp3) is 0.212. The first-order valence-electron chi connectivity index (χ1n) is 13.5. The van der Waals surface area contributed by atoms with Crippen LogP contribution < -0.4 is 15.6 Å². The Morgan fingerprint density at radius 2 is 1.75 bits per heavy atom. The lowest BCUT2D eigenvalue weighted by Gasteiger charge is -2.22. The summed E-state index contributed by atoms with van der Waals surface area (Å²) in [5.41, 5.74) is 7.77. The molecule has 0 aliphatic carbocycles. The van der Waals surface area contributed by atoms with Gasteiger partial charge in [-0.3, -0.25) is 10.2 Å². The number of rotatable bonds is 12. The maximum Gasteiger partial charge on any atom is 0.266 e. The monoisotopic (exact) mass is 535 g/mol. The van der Waals surface area contributed by atoms with Gasteiger partial charge in [0.2, 0.25) is 5.90 Å². The molecule has 1 amide bonds. The minimum atomic E-state index is -1.12. The van der Waals surface area contributed by atoms with Gasteiger partial charge in [0.25, 0.3) is 5.91 Å². The molecular weight excluding hydrogens is 502 g/mol. The van der Waals surface area contributed by atoms with E-state index >= 15 is 0 Å². The number of benzene rings is 4. The summed E-state index contributed by atoms with van der Waals surface area (Å²) >= 11 is 0. The van der Waals surface area contributed by atoms with Gasteiger partial charge in [-0.1, -0.05) is 84.9 Å². The number of amides is 1. The zero-order valence-corrected chi connectivity index (χ0v) is 22.3. The quantitative estimate of drug-likeness (QED) is 0.175. The molecule has 7 nitrogen and oxygen atoms in total. The SMILES string of the molecule is O=C(NNCc1cccc2ccccc12)[C@]1(C/C=C/c2ccccc2)COC(c2ccc(OCCCO)cc2)=N1. The van der Waals surface area contributed by atoms with Crippen molar-refractivity contribution in [3.8, 4) is 5.75 Å². The number of aliphatic imine (C=N–C) groups is 1. The van der Waals surface area contributed by atoms with Crippen LogP contribution in [0.5, 0.6) is 5.75 Å². The summed E-state index contributed by atoms with van der Waals surface area (Å²) in [6.45, 7) is 1.12. The third-order valence-corrected chi connectivity index (χ3v) is 6.78. The predicted molar refractivity (Wildman–Crippen MR) is 158 cm³/mol. The standard InChI is InChI=1S/C33H33N3O4/c37-21-8-22-39-29-18-16-27(17-19-29)31-35-33(24-40-31,20-7-11-25-9-2-1-3-10-25)32(38)36-34-23-28-14-6-13-26-12-4-5-15-30(26)28/h1-7,9-19,34,37H,8,20-24H2,(H,36,38)/b11-7+/t33-/m0/s1. The number of hydrogen-bond acceptors (Lipinski definition) is 6. The summed E-state index contributed by atoms with van der Waals surface area (Å²) in [6.07, 6.45) is 4.90. The zero-order chi connectivity index (χ0) is 27.6. The van der Waals surface area contributed by atoms with Crippen molar-refractivity contribution in [3.05, 3.63) is 120 Å². The Labute approximate surface area is 234 Å². The maximum atomic E-state index is 13.6. The molecule has 0 aromatic heterocycles. The molecular formula is C33H33N3O4. The van der Waals surface area contributed by atoms with E-state index in [4.69, 9.17) is 19.6 Å². The van der Waals surface area contributed by atoms with Crippen LogP contribution in [0.3, 0.4) is 0 Å². The van der Waals surface area contributed by atoms with Crippen molar-refractivity contribution in [2.75, 3.05) is 19.8 Å². The predicted octanol–water partition coefficient (Wildman–Crippen LogP) is 5.04. The molecule has 5 rings (SSSR count). The van der Waals surface area contributed by atoms with Gasteiger partial charge >= 0.3 is 0 Å². The first kappa shape index (κ1) is 27.1. The second-order valence-corrected chi connectivity index (χ2v) is 9.65. The van der Waals surface area contributed by atoms with E-state index in [0.717, 1.165) is 27.5 Å². The Morgan fingerprint density at radius 1 is 0.975 bits per heavy atom. The molecule has 0 saturated carbocycles. The summed E-state index contributed by atoms with van der Waals surface area (Å²) < 4.78 is 11.6. The Hall–Kier alpha value is -4.46. The zero-order valence-electron chi connectivity index (χ0n) is 22.3. The van der Waals surface area contributed by atoms with Crippen molar-refractivity contribution in [1.29, 1.82) is 0 Å². The molecule has 7 heteroatoms. The van der Waals surface area contributed by atoms with Crippen molar-refractivity contribution < 1.29 is 19.4 Å². The molecule has 1 atom stereocenters. The molecule has 3 N–H and O–H groups in total. The van der Waals surface area contributed by atoms with Crippen molar-refractivity contribution in [2.45, 2.75) is 24.9 Å². The van der Waals surface area contributed by atoms with Crippen LogP contribution in [0.15, 0.2) is 108 Å². The highest BCUT2D eigenvalue weighted by Gasteiger charge is 2.43. The number of hydrogen-bond donors (Lipinski definition) is 3. The topological polar surface area (TPSA) is 92.2 Å². The number of carbonyl (C=O) groups is 1. The van der Waals surface area contributed by atoms with Gasteiger partial charge in [-0.2, -0.15) is 0 Å². The van der Waals surface area contributed by atoms with Gasteiger partial charge < -0.3 is 14.6 Å². The molecule has 40 heavy (non-hydrogen) atoms. The van der Waals surface area contributed by atoms with Crippen LogP contribution in [0.25, 0.3) is 16.8 Å². The van der Waals surface area contributed by atoms with E-state index in [1.807, 2.05) is 91.0 Å². The van der Waals surface area contributed by atoms with Gasteiger partial charge in [-0.15, -0.1) is 0 Å². The summed E-state index contributed by atoms with van der Waals surface area (Å²) in [6, 6.07) is 31.7. The van der Waals surface area contributed by atoms with Crippen LogP contribution >= 0.6 is 0 Å². The molecule has 0 unspecified atom stereocenters. The number of aliphatic hydroxyl groups excluding tert-OH is 1.